The normalized spacial score (nSPS) is 18.8. The van der Waals surface area contributed by atoms with Crippen molar-refractivity contribution >= 4 is 16.8 Å². The van der Waals surface area contributed by atoms with Crippen LogP contribution in [-0.4, -0.2) is 34.8 Å². The fraction of sp³-hybridized carbons (Fsp3) is 0.875. The van der Waals surface area contributed by atoms with Crippen molar-refractivity contribution in [3.8, 4) is 0 Å². The van der Waals surface area contributed by atoms with Crippen molar-refractivity contribution in [2.24, 2.45) is 0 Å². The maximum absolute atomic E-state index is 11.1. The lowest BCUT2D eigenvalue weighted by molar-refractivity contribution is 0.229. The molecule has 1 unspecified atom stereocenters. The second-order valence-corrected chi connectivity index (χ2v) is 4.86. The quantitative estimate of drug-likeness (QED) is 0.688. The Labute approximate surface area is 80.9 Å². The number of hydrogen-bond donors (Lipinski definition) is 2. The summed E-state index contributed by atoms with van der Waals surface area (Å²) in [6.45, 7) is 0.488. The summed E-state index contributed by atoms with van der Waals surface area (Å²) in [6, 6.07) is 0.238. The molecule has 76 valence electrons. The Kier molecular flexibility index (Phi) is 4.21. The highest BCUT2D eigenvalue weighted by Gasteiger charge is 2.18. The van der Waals surface area contributed by atoms with E-state index in [0.29, 0.717) is 18.3 Å². The summed E-state index contributed by atoms with van der Waals surface area (Å²) >= 11 is 0. The largest absolute Gasteiger partial charge is 0.337 e. The molecule has 0 aromatic rings. The van der Waals surface area contributed by atoms with Crippen LogP contribution in [0.4, 0.5) is 4.79 Å². The molecule has 2 amide bonds. The standard InChI is InChI=1S/C8H16N2O2S/c1-13(12)6-5-9-8(11)10-7-3-2-4-7/h7H,2-6H2,1H3,(H2,9,10,11). The van der Waals surface area contributed by atoms with E-state index in [1.807, 2.05) is 0 Å². The van der Waals surface area contributed by atoms with E-state index in [0.717, 1.165) is 12.8 Å². The van der Waals surface area contributed by atoms with Gasteiger partial charge >= 0.3 is 6.03 Å². The van der Waals surface area contributed by atoms with Gasteiger partial charge in [-0.15, -0.1) is 0 Å². The van der Waals surface area contributed by atoms with E-state index in [4.69, 9.17) is 0 Å². The number of rotatable bonds is 4. The van der Waals surface area contributed by atoms with Gasteiger partial charge in [-0.1, -0.05) is 0 Å². The zero-order valence-electron chi connectivity index (χ0n) is 7.84. The Hall–Kier alpha value is -0.580. The van der Waals surface area contributed by atoms with E-state index >= 15 is 0 Å². The first-order valence-electron chi connectivity index (χ1n) is 4.53. The topological polar surface area (TPSA) is 58.2 Å². The molecule has 0 aliphatic heterocycles. The highest BCUT2D eigenvalue weighted by Crippen LogP contribution is 2.17. The third-order valence-corrected chi connectivity index (χ3v) is 2.89. The van der Waals surface area contributed by atoms with E-state index in [1.165, 1.54) is 6.42 Å². The van der Waals surface area contributed by atoms with Crippen LogP contribution in [0.25, 0.3) is 0 Å². The van der Waals surface area contributed by atoms with Crippen LogP contribution in [0.15, 0.2) is 0 Å². The Bertz CT molecular complexity index is 204. The van der Waals surface area contributed by atoms with Gasteiger partial charge in [-0.3, -0.25) is 4.21 Å². The number of urea groups is 1. The fourth-order valence-electron chi connectivity index (χ4n) is 1.10. The number of carbonyl (C=O) groups is 1. The summed E-state index contributed by atoms with van der Waals surface area (Å²) in [6.07, 6.45) is 5.02. The third kappa shape index (κ3) is 4.26. The van der Waals surface area contributed by atoms with Crippen LogP contribution in [-0.2, 0) is 10.8 Å². The molecule has 1 atom stereocenters. The van der Waals surface area contributed by atoms with Crippen LogP contribution in [0.3, 0.4) is 0 Å². The number of hydrogen-bond acceptors (Lipinski definition) is 2. The predicted molar refractivity (Wildman–Crippen MR) is 53.1 cm³/mol. The lowest BCUT2D eigenvalue weighted by Gasteiger charge is -2.26. The molecule has 1 aliphatic carbocycles. The van der Waals surface area contributed by atoms with E-state index in [9.17, 15) is 9.00 Å². The van der Waals surface area contributed by atoms with E-state index in [2.05, 4.69) is 10.6 Å². The molecule has 0 radical (unpaired) electrons. The Morgan fingerprint density at radius 2 is 2.23 bits per heavy atom. The van der Waals surface area contributed by atoms with Crippen molar-refractivity contribution in [1.82, 2.24) is 10.6 Å². The molecule has 1 saturated carbocycles. The summed E-state index contributed by atoms with van der Waals surface area (Å²) in [5.41, 5.74) is 0. The van der Waals surface area contributed by atoms with E-state index < -0.39 is 10.8 Å². The van der Waals surface area contributed by atoms with Gasteiger partial charge in [-0.05, 0) is 19.3 Å². The minimum atomic E-state index is -0.825. The molecule has 1 fully saturated rings. The van der Waals surface area contributed by atoms with Crippen molar-refractivity contribution < 1.29 is 9.00 Å². The van der Waals surface area contributed by atoms with Crippen LogP contribution < -0.4 is 10.6 Å². The first kappa shape index (κ1) is 10.5. The van der Waals surface area contributed by atoms with Crippen molar-refractivity contribution in [3.63, 3.8) is 0 Å². The van der Waals surface area contributed by atoms with Crippen molar-refractivity contribution in [1.29, 1.82) is 0 Å². The summed E-state index contributed by atoms with van der Waals surface area (Å²) in [7, 11) is -0.825. The van der Waals surface area contributed by atoms with Crippen molar-refractivity contribution in [2.75, 3.05) is 18.6 Å². The van der Waals surface area contributed by atoms with E-state index in [-0.39, 0.29) is 6.03 Å². The van der Waals surface area contributed by atoms with Gasteiger partial charge in [0.2, 0.25) is 0 Å². The molecule has 2 N–H and O–H groups in total. The average molecular weight is 204 g/mol. The van der Waals surface area contributed by atoms with Gasteiger partial charge in [-0.2, -0.15) is 0 Å². The molecular formula is C8H16N2O2S. The van der Waals surface area contributed by atoms with Gasteiger partial charge in [0.05, 0.1) is 0 Å². The van der Waals surface area contributed by atoms with Crippen LogP contribution in [0.1, 0.15) is 19.3 Å². The zero-order valence-corrected chi connectivity index (χ0v) is 8.65. The highest BCUT2D eigenvalue weighted by molar-refractivity contribution is 7.84. The van der Waals surface area contributed by atoms with Crippen molar-refractivity contribution in [3.05, 3.63) is 0 Å². The number of nitrogens with one attached hydrogen (secondary N) is 2. The van der Waals surface area contributed by atoms with Crippen LogP contribution in [0.2, 0.25) is 0 Å². The Morgan fingerprint density at radius 1 is 1.54 bits per heavy atom. The minimum absolute atomic E-state index is 0.129. The van der Waals surface area contributed by atoms with Gasteiger partial charge in [0.15, 0.2) is 0 Å². The van der Waals surface area contributed by atoms with Gasteiger partial charge in [0, 0.05) is 35.4 Å². The highest BCUT2D eigenvalue weighted by atomic mass is 32.2. The molecule has 0 saturated heterocycles. The summed E-state index contributed by atoms with van der Waals surface area (Å²) in [4.78, 5) is 11.1. The SMILES string of the molecule is CS(=O)CCNC(=O)NC1CCC1. The molecule has 0 heterocycles. The monoisotopic (exact) mass is 204 g/mol. The molecule has 0 bridgehead atoms. The number of carbonyl (C=O) groups excluding carboxylic acids is 1. The van der Waals surface area contributed by atoms with E-state index in [1.54, 1.807) is 6.26 Å². The first-order valence-corrected chi connectivity index (χ1v) is 6.25. The first-order chi connectivity index (χ1) is 6.18. The molecular weight excluding hydrogens is 188 g/mol. The second-order valence-electron chi connectivity index (χ2n) is 3.31. The lowest BCUT2D eigenvalue weighted by Crippen LogP contribution is -2.45. The van der Waals surface area contributed by atoms with Crippen LogP contribution in [0.5, 0.6) is 0 Å². The third-order valence-electron chi connectivity index (χ3n) is 2.12. The molecule has 0 spiro atoms. The molecule has 1 aliphatic rings. The summed E-state index contributed by atoms with van der Waals surface area (Å²) in [5.74, 6) is 0.526. The Morgan fingerprint density at radius 3 is 2.69 bits per heavy atom. The van der Waals surface area contributed by atoms with Gasteiger partial charge in [-0.25, -0.2) is 4.79 Å². The maximum atomic E-state index is 11.1. The second kappa shape index (κ2) is 5.21. The minimum Gasteiger partial charge on any atom is -0.337 e. The van der Waals surface area contributed by atoms with Crippen molar-refractivity contribution in [2.45, 2.75) is 25.3 Å². The number of amides is 2. The molecule has 13 heavy (non-hydrogen) atoms. The Balaban J connectivity index is 2.00. The summed E-state index contributed by atoms with van der Waals surface area (Å²) < 4.78 is 10.7. The molecule has 0 aromatic carbocycles. The smallest absolute Gasteiger partial charge is 0.315 e. The predicted octanol–water partition coefficient (Wildman–Crippen LogP) is 0.217. The molecule has 1 rings (SSSR count). The van der Waals surface area contributed by atoms with Gasteiger partial charge in [0.25, 0.3) is 0 Å². The summed E-state index contributed by atoms with van der Waals surface area (Å²) in [5, 5.41) is 5.51. The van der Waals surface area contributed by atoms with Crippen LogP contribution in [0, 0.1) is 0 Å². The molecule has 5 heteroatoms. The fourth-order valence-corrected chi connectivity index (χ4v) is 1.49. The maximum Gasteiger partial charge on any atom is 0.315 e. The van der Waals surface area contributed by atoms with Crippen LogP contribution >= 0.6 is 0 Å². The lowest BCUT2D eigenvalue weighted by atomic mass is 9.93. The molecule has 0 aromatic heterocycles. The average Bonchev–Trinajstić information content (AvgIpc) is 1.96. The van der Waals surface area contributed by atoms with Gasteiger partial charge in [0.1, 0.15) is 0 Å². The zero-order chi connectivity index (χ0) is 9.68. The van der Waals surface area contributed by atoms with Gasteiger partial charge < -0.3 is 10.6 Å². The molecule has 4 nitrogen and oxygen atoms in total.